The van der Waals surface area contributed by atoms with Gasteiger partial charge in [-0.1, -0.05) is 26.0 Å². The third-order valence-corrected chi connectivity index (χ3v) is 4.99. The number of carboxylic acids is 2. The summed E-state index contributed by atoms with van der Waals surface area (Å²) in [7, 11) is 0. The molecule has 0 aromatic heterocycles. The Bertz CT molecular complexity index is 967. The van der Waals surface area contributed by atoms with Gasteiger partial charge in [0.05, 0.1) is 0 Å². The molecule has 4 rings (SSSR count). The van der Waals surface area contributed by atoms with Crippen molar-refractivity contribution in [3.8, 4) is 0 Å². The monoisotopic (exact) mass is 480 g/mol. The number of rotatable bonds is 7. The number of aryl methyl sites for hydroxylation is 2. The van der Waals surface area contributed by atoms with Crippen LogP contribution in [0.3, 0.4) is 0 Å². The Kier molecular flexibility index (Phi) is 13.1. The molecule has 0 spiro atoms. The summed E-state index contributed by atoms with van der Waals surface area (Å²) in [6, 6.07) is 26.5. The molecular weight excluding hydrogens is 448 g/mol. The van der Waals surface area contributed by atoms with Gasteiger partial charge in [-0.3, -0.25) is 9.59 Å². The number of carboxylic acid groups (broad SMARTS) is 2. The van der Waals surface area contributed by atoms with Gasteiger partial charge in [-0.15, -0.1) is 81.2 Å². The van der Waals surface area contributed by atoms with Crippen LogP contribution in [0.5, 0.6) is 0 Å². The van der Waals surface area contributed by atoms with E-state index in [0.717, 1.165) is 25.7 Å². The molecule has 0 bridgehead atoms. The topological polar surface area (TPSA) is 74.6 Å². The molecule has 0 amide bonds. The molecule has 0 radical (unpaired) electrons. The quantitative estimate of drug-likeness (QED) is 0.222. The second-order valence-corrected chi connectivity index (χ2v) is 7.77. The number of hydrogen-bond acceptors (Lipinski definition) is 2. The smallest absolute Gasteiger partial charge is 0.481 e. The number of carbonyl (C=O) groups is 2. The standard InChI is InChI=1S/C20H16.2C4H8O2.Ti/c1-2-6-18-12-15(11-17(18)5-1)9-10-16-13-19-7-3-4-8-20(19)14-16;2*1-2-3-4(5)6;/h1-8,11-14H,9-10H2;2*2-3H2,1H3,(H,5,6);/q-2;;;+2. The van der Waals surface area contributed by atoms with Gasteiger partial charge in [0.2, 0.25) is 0 Å². The van der Waals surface area contributed by atoms with Crippen LogP contribution in [0.1, 0.15) is 50.7 Å². The van der Waals surface area contributed by atoms with Crippen molar-refractivity contribution < 1.29 is 41.5 Å². The van der Waals surface area contributed by atoms with Gasteiger partial charge in [0, 0.05) is 12.8 Å². The van der Waals surface area contributed by atoms with Crippen molar-refractivity contribution in [3.63, 3.8) is 0 Å². The summed E-state index contributed by atoms with van der Waals surface area (Å²) in [6.07, 6.45) is 4.28. The summed E-state index contributed by atoms with van der Waals surface area (Å²) >= 11 is 0. The van der Waals surface area contributed by atoms with E-state index in [0.29, 0.717) is 12.8 Å². The van der Waals surface area contributed by atoms with E-state index in [1.807, 2.05) is 13.8 Å². The number of benzene rings is 2. The van der Waals surface area contributed by atoms with E-state index in [4.69, 9.17) is 10.2 Å². The Hall–Kier alpha value is -2.69. The molecule has 0 saturated heterocycles. The molecule has 0 unspecified atom stereocenters. The van der Waals surface area contributed by atoms with Crippen molar-refractivity contribution in [2.45, 2.75) is 52.4 Å². The second kappa shape index (κ2) is 15.2. The van der Waals surface area contributed by atoms with Gasteiger partial charge >= 0.3 is 33.7 Å². The molecular formula is C28H32O4Ti. The Morgan fingerprint density at radius 2 is 1.06 bits per heavy atom. The molecule has 0 heterocycles. The molecule has 0 atom stereocenters. The molecule has 172 valence electrons. The SMILES string of the molecule is CCCC(=O)O.CCCC(=O)O.[Ti+2].c1ccc2[cH-]c(CCc3cc4ccccc4[cH-]3)cc2c1. The first-order chi connectivity index (χ1) is 15.4. The van der Waals surface area contributed by atoms with E-state index in [1.54, 1.807) is 0 Å². The van der Waals surface area contributed by atoms with Crippen LogP contribution in [0.25, 0.3) is 21.5 Å². The fourth-order valence-corrected chi connectivity index (χ4v) is 3.43. The van der Waals surface area contributed by atoms with Gasteiger partial charge in [0.1, 0.15) is 0 Å². The van der Waals surface area contributed by atoms with E-state index in [2.05, 4.69) is 72.8 Å². The van der Waals surface area contributed by atoms with E-state index in [9.17, 15) is 9.59 Å². The predicted octanol–water partition coefficient (Wildman–Crippen LogP) is 6.96. The molecule has 4 aromatic carbocycles. The van der Waals surface area contributed by atoms with E-state index < -0.39 is 11.9 Å². The van der Waals surface area contributed by atoms with Gasteiger partial charge < -0.3 is 10.2 Å². The Labute approximate surface area is 210 Å². The molecule has 0 saturated carbocycles. The van der Waals surface area contributed by atoms with Crippen LogP contribution < -0.4 is 0 Å². The molecule has 4 nitrogen and oxygen atoms in total. The average molecular weight is 480 g/mol. The van der Waals surface area contributed by atoms with Crippen molar-refractivity contribution >= 4 is 33.5 Å². The van der Waals surface area contributed by atoms with Crippen molar-refractivity contribution in [1.29, 1.82) is 0 Å². The zero-order chi connectivity index (χ0) is 23.3. The van der Waals surface area contributed by atoms with Gasteiger partial charge in [0.25, 0.3) is 0 Å². The Balaban J connectivity index is 0.000000353. The number of hydrogen-bond donors (Lipinski definition) is 2. The zero-order valence-electron chi connectivity index (χ0n) is 19.4. The molecule has 4 aromatic rings. The van der Waals surface area contributed by atoms with Crippen LogP contribution in [0.15, 0.2) is 72.8 Å². The third kappa shape index (κ3) is 10.2. The normalized spacial score (nSPS) is 9.88. The molecule has 0 aliphatic rings. The van der Waals surface area contributed by atoms with Gasteiger partial charge in [-0.2, -0.15) is 12.1 Å². The third-order valence-electron chi connectivity index (χ3n) is 4.99. The van der Waals surface area contributed by atoms with Crippen LogP contribution >= 0.6 is 0 Å². The minimum absolute atomic E-state index is 0. The molecule has 33 heavy (non-hydrogen) atoms. The van der Waals surface area contributed by atoms with E-state index in [1.165, 1.54) is 32.7 Å². The summed E-state index contributed by atoms with van der Waals surface area (Å²) in [5.74, 6) is -1.42. The zero-order valence-corrected chi connectivity index (χ0v) is 20.9. The maximum atomic E-state index is 9.60. The maximum Gasteiger partial charge on any atom is 2.00 e. The van der Waals surface area contributed by atoms with Crippen molar-refractivity contribution in [2.75, 3.05) is 0 Å². The van der Waals surface area contributed by atoms with Crippen LogP contribution in [0.2, 0.25) is 0 Å². The fourth-order valence-electron chi connectivity index (χ4n) is 3.43. The van der Waals surface area contributed by atoms with E-state index in [-0.39, 0.29) is 21.7 Å². The van der Waals surface area contributed by atoms with Crippen molar-refractivity contribution in [3.05, 3.63) is 83.9 Å². The molecule has 0 fully saturated rings. The maximum absolute atomic E-state index is 9.60. The minimum atomic E-state index is -0.711. The molecule has 0 aliphatic carbocycles. The Morgan fingerprint density at radius 1 is 0.697 bits per heavy atom. The molecule has 5 heteroatoms. The molecule has 2 N–H and O–H groups in total. The first kappa shape index (κ1) is 28.3. The summed E-state index contributed by atoms with van der Waals surface area (Å²) in [5.41, 5.74) is 2.88. The fraction of sp³-hybridized carbons (Fsp3) is 0.286. The molecule has 0 aliphatic heterocycles. The van der Waals surface area contributed by atoms with Crippen LogP contribution in [0.4, 0.5) is 0 Å². The van der Waals surface area contributed by atoms with Gasteiger partial charge in [-0.25, -0.2) is 0 Å². The largest absolute Gasteiger partial charge is 2.00 e. The summed E-state index contributed by atoms with van der Waals surface area (Å²) in [5, 5.41) is 21.3. The summed E-state index contributed by atoms with van der Waals surface area (Å²) < 4.78 is 0. The second-order valence-electron chi connectivity index (χ2n) is 7.77. The minimum Gasteiger partial charge on any atom is -0.481 e. The van der Waals surface area contributed by atoms with Crippen LogP contribution in [-0.4, -0.2) is 22.2 Å². The first-order valence-corrected chi connectivity index (χ1v) is 11.1. The van der Waals surface area contributed by atoms with Crippen molar-refractivity contribution in [2.24, 2.45) is 0 Å². The van der Waals surface area contributed by atoms with E-state index >= 15 is 0 Å². The summed E-state index contributed by atoms with van der Waals surface area (Å²) in [6.45, 7) is 3.68. The Morgan fingerprint density at radius 3 is 1.33 bits per heavy atom. The van der Waals surface area contributed by atoms with Gasteiger partial charge in [0.15, 0.2) is 0 Å². The van der Waals surface area contributed by atoms with Crippen LogP contribution in [-0.2, 0) is 44.1 Å². The van der Waals surface area contributed by atoms with Crippen LogP contribution in [0, 0.1) is 0 Å². The van der Waals surface area contributed by atoms with Gasteiger partial charge in [-0.05, 0) is 25.7 Å². The predicted molar refractivity (Wildman–Crippen MR) is 132 cm³/mol. The van der Waals surface area contributed by atoms with Crippen molar-refractivity contribution in [1.82, 2.24) is 0 Å². The average Bonchev–Trinajstić information content (AvgIpc) is 3.36. The number of fused-ring (bicyclic) bond motifs is 2. The number of aliphatic carboxylic acids is 2. The summed E-state index contributed by atoms with van der Waals surface area (Å²) in [4.78, 5) is 19.2. The first-order valence-electron chi connectivity index (χ1n) is 11.1.